The molecule has 0 aliphatic heterocycles. The number of aliphatic hydroxyl groups excluding tert-OH is 1. The Kier molecular flexibility index (Phi) is 6.17. The first-order valence-corrected chi connectivity index (χ1v) is 4.69. The third-order valence-corrected chi connectivity index (χ3v) is 2.70. The Morgan fingerprint density at radius 1 is 1.50 bits per heavy atom. The predicted octanol–water partition coefficient (Wildman–Crippen LogP) is 0.838. The fourth-order valence-electron chi connectivity index (χ4n) is 0.581. The number of hydrogen-bond acceptors (Lipinski definition) is 3. The second-order valence-corrected chi connectivity index (χ2v) is 4.10. The van der Waals surface area contributed by atoms with Crippen molar-refractivity contribution in [3.8, 4) is 0 Å². The van der Waals surface area contributed by atoms with Crippen molar-refractivity contribution in [2.45, 2.75) is 31.6 Å². The van der Waals surface area contributed by atoms with Crippen LogP contribution >= 0.6 is 11.8 Å². The summed E-state index contributed by atoms with van der Waals surface area (Å²) in [6, 6.07) is 0.270. The second-order valence-electron chi connectivity index (χ2n) is 2.63. The minimum absolute atomic E-state index is 0.270. The summed E-state index contributed by atoms with van der Waals surface area (Å²) in [5.74, 6) is 0.987. The summed E-state index contributed by atoms with van der Waals surface area (Å²) < 4.78 is 0. The van der Waals surface area contributed by atoms with Crippen LogP contribution in [0.3, 0.4) is 0 Å². The molecule has 0 saturated carbocycles. The van der Waals surface area contributed by atoms with E-state index in [-0.39, 0.29) is 12.6 Å². The lowest BCUT2D eigenvalue weighted by molar-refractivity contribution is 0.289. The van der Waals surface area contributed by atoms with Crippen LogP contribution < -0.4 is 5.73 Å². The zero-order valence-electron chi connectivity index (χ0n) is 6.71. The number of nitrogens with two attached hydrogens (primary N) is 1. The van der Waals surface area contributed by atoms with Crippen LogP contribution in [0.5, 0.6) is 0 Å². The van der Waals surface area contributed by atoms with Gasteiger partial charge < -0.3 is 10.8 Å². The Balaban J connectivity index is 3.12. The molecule has 0 aliphatic rings. The molecule has 2 nitrogen and oxygen atoms in total. The second kappa shape index (κ2) is 6.01. The van der Waals surface area contributed by atoms with Gasteiger partial charge in [0.15, 0.2) is 0 Å². The molecule has 2 atom stereocenters. The van der Waals surface area contributed by atoms with E-state index in [0.29, 0.717) is 5.25 Å². The summed E-state index contributed by atoms with van der Waals surface area (Å²) in [6.07, 6.45) is 0.872. The average Bonchev–Trinajstić information content (AvgIpc) is 1.85. The predicted molar refractivity (Wildman–Crippen MR) is 47.3 cm³/mol. The number of hydrogen-bond donors (Lipinski definition) is 2. The topological polar surface area (TPSA) is 46.2 Å². The molecule has 1 unspecified atom stereocenters. The summed E-state index contributed by atoms with van der Waals surface area (Å²) in [6.45, 7) is 4.40. The molecule has 0 aromatic heterocycles. The molecule has 0 aromatic carbocycles. The molecule has 0 bridgehead atoms. The van der Waals surface area contributed by atoms with Crippen LogP contribution in [-0.2, 0) is 0 Å². The molecule has 0 radical (unpaired) electrons. The van der Waals surface area contributed by atoms with Crippen molar-refractivity contribution in [1.29, 1.82) is 0 Å². The van der Waals surface area contributed by atoms with E-state index < -0.39 is 0 Å². The third kappa shape index (κ3) is 6.39. The molecule has 0 saturated heterocycles. The SMILES string of the molecule is CC(CCO)SC[C@@H](C)N. The highest BCUT2D eigenvalue weighted by atomic mass is 32.2. The Bertz CT molecular complexity index is 78.0. The van der Waals surface area contributed by atoms with Gasteiger partial charge in [-0.05, 0) is 13.3 Å². The summed E-state index contributed by atoms with van der Waals surface area (Å²) in [5.41, 5.74) is 5.55. The fraction of sp³-hybridized carbons (Fsp3) is 1.00. The van der Waals surface area contributed by atoms with E-state index in [1.54, 1.807) is 0 Å². The Hall–Kier alpha value is 0.270. The quantitative estimate of drug-likeness (QED) is 0.631. The van der Waals surface area contributed by atoms with E-state index in [4.69, 9.17) is 10.8 Å². The van der Waals surface area contributed by atoms with Gasteiger partial charge >= 0.3 is 0 Å². The molecule has 0 spiro atoms. The van der Waals surface area contributed by atoms with Crippen LogP contribution in [0.15, 0.2) is 0 Å². The maximum absolute atomic E-state index is 8.56. The summed E-state index contributed by atoms with van der Waals surface area (Å²) >= 11 is 1.82. The monoisotopic (exact) mass is 163 g/mol. The lowest BCUT2D eigenvalue weighted by Gasteiger charge is -2.10. The first kappa shape index (κ1) is 10.3. The van der Waals surface area contributed by atoms with Crippen LogP contribution in [0.4, 0.5) is 0 Å². The van der Waals surface area contributed by atoms with Gasteiger partial charge in [0, 0.05) is 23.7 Å². The molecule has 0 heterocycles. The number of rotatable bonds is 5. The summed E-state index contributed by atoms with van der Waals surface area (Å²) in [7, 11) is 0. The van der Waals surface area contributed by atoms with Crippen molar-refractivity contribution in [2.75, 3.05) is 12.4 Å². The maximum Gasteiger partial charge on any atom is 0.0441 e. The molecule has 0 aromatic rings. The molecule has 0 aliphatic carbocycles. The van der Waals surface area contributed by atoms with Crippen LogP contribution in [-0.4, -0.2) is 28.8 Å². The van der Waals surface area contributed by atoms with Gasteiger partial charge in [-0.1, -0.05) is 6.92 Å². The van der Waals surface area contributed by atoms with Gasteiger partial charge in [-0.25, -0.2) is 0 Å². The summed E-state index contributed by atoms with van der Waals surface area (Å²) in [4.78, 5) is 0. The molecule has 0 amide bonds. The number of thioether (sulfide) groups is 1. The molecule has 10 heavy (non-hydrogen) atoms. The Morgan fingerprint density at radius 3 is 2.50 bits per heavy atom. The van der Waals surface area contributed by atoms with Gasteiger partial charge in [-0.2, -0.15) is 11.8 Å². The molecular formula is C7H17NOS. The highest BCUT2D eigenvalue weighted by Crippen LogP contribution is 2.13. The van der Waals surface area contributed by atoms with E-state index in [1.807, 2.05) is 18.7 Å². The summed E-state index contributed by atoms with van der Waals surface area (Å²) in [5, 5.41) is 9.10. The fourth-order valence-corrected chi connectivity index (χ4v) is 1.49. The van der Waals surface area contributed by atoms with E-state index in [1.165, 1.54) is 0 Å². The Labute approximate surface area is 67.2 Å². The van der Waals surface area contributed by atoms with Gasteiger partial charge in [0.1, 0.15) is 0 Å². The lowest BCUT2D eigenvalue weighted by Crippen LogP contribution is -2.19. The van der Waals surface area contributed by atoms with E-state index in [2.05, 4.69) is 6.92 Å². The first-order valence-electron chi connectivity index (χ1n) is 3.65. The highest BCUT2D eigenvalue weighted by Gasteiger charge is 2.02. The standard InChI is InChI=1S/C7H17NOS/c1-6(8)5-10-7(2)3-4-9/h6-7,9H,3-5,8H2,1-2H3/t6-,7?/m1/s1. The van der Waals surface area contributed by atoms with Crippen LogP contribution in [0, 0.1) is 0 Å². The van der Waals surface area contributed by atoms with Crippen molar-refractivity contribution in [3.05, 3.63) is 0 Å². The van der Waals surface area contributed by atoms with Crippen molar-refractivity contribution in [2.24, 2.45) is 5.73 Å². The van der Waals surface area contributed by atoms with Gasteiger partial charge in [0.25, 0.3) is 0 Å². The molecule has 3 N–H and O–H groups in total. The average molecular weight is 163 g/mol. The molecule has 3 heteroatoms. The van der Waals surface area contributed by atoms with Gasteiger partial charge in [-0.15, -0.1) is 0 Å². The van der Waals surface area contributed by atoms with Crippen LogP contribution in [0.1, 0.15) is 20.3 Å². The Morgan fingerprint density at radius 2 is 2.10 bits per heavy atom. The number of aliphatic hydroxyl groups is 1. The third-order valence-electron chi connectivity index (χ3n) is 1.18. The van der Waals surface area contributed by atoms with E-state index in [0.717, 1.165) is 12.2 Å². The maximum atomic E-state index is 8.56. The lowest BCUT2D eigenvalue weighted by atomic mass is 10.3. The largest absolute Gasteiger partial charge is 0.396 e. The normalized spacial score (nSPS) is 16.8. The minimum Gasteiger partial charge on any atom is -0.396 e. The van der Waals surface area contributed by atoms with Gasteiger partial charge in [0.05, 0.1) is 0 Å². The smallest absolute Gasteiger partial charge is 0.0441 e. The van der Waals surface area contributed by atoms with Crippen molar-refractivity contribution in [1.82, 2.24) is 0 Å². The van der Waals surface area contributed by atoms with Crippen LogP contribution in [0.2, 0.25) is 0 Å². The molecular weight excluding hydrogens is 146 g/mol. The molecule has 0 fully saturated rings. The van der Waals surface area contributed by atoms with E-state index in [9.17, 15) is 0 Å². The zero-order valence-corrected chi connectivity index (χ0v) is 7.53. The highest BCUT2D eigenvalue weighted by molar-refractivity contribution is 7.99. The van der Waals surface area contributed by atoms with Gasteiger partial charge in [0.2, 0.25) is 0 Å². The van der Waals surface area contributed by atoms with Crippen LogP contribution in [0.25, 0.3) is 0 Å². The minimum atomic E-state index is 0.270. The van der Waals surface area contributed by atoms with Crippen molar-refractivity contribution >= 4 is 11.8 Å². The molecule has 0 rings (SSSR count). The van der Waals surface area contributed by atoms with Gasteiger partial charge in [-0.3, -0.25) is 0 Å². The zero-order chi connectivity index (χ0) is 7.98. The van der Waals surface area contributed by atoms with E-state index >= 15 is 0 Å². The first-order chi connectivity index (χ1) is 4.66. The van der Waals surface area contributed by atoms with Crippen molar-refractivity contribution in [3.63, 3.8) is 0 Å². The van der Waals surface area contributed by atoms with Crippen molar-refractivity contribution < 1.29 is 5.11 Å². The molecule has 62 valence electrons.